The van der Waals surface area contributed by atoms with Gasteiger partial charge in [0.2, 0.25) is 15.9 Å². The summed E-state index contributed by atoms with van der Waals surface area (Å²) in [6.07, 6.45) is 2.59. The van der Waals surface area contributed by atoms with Crippen LogP contribution < -0.4 is 4.72 Å². The Morgan fingerprint density at radius 2 is 2.17 bits per heavy atom. The molecule has 0 bridgehead atoms. The number of rotatable bonds is 3. The zero-order valence-electron chi connectivity index (χ0n) is 9.53. The van der Waals surface area contributed by atoms with E-state index in [0.717, 1.165) is 17.2 Å². The molecule has 0 unspecified atom stereocenters. The number of carbonyl (C=O) groups excluding carboxylic acids is 1. The Hall–Kier alpha value is -1.53. The predicted molar refractivity (Wildman–Crippen MR) is 70.0 cm³/mol. The molecule has 96 valence electrons. The number of hydrogen-bond acceptors (Lipinski definition) is 3. The number of amides is 1. The van der Waals surface area contributed by atoms with Crippen molar-refractivity contribution in [2.45, 2.75) is 6.42 Å². The van der Waals surface area contributed by atoms with Crippen LogP contribution >= 0.6 is 11.6 Å². The van der Waals surface area contributed by atoms with Gasteiger partial charge in [-0.1, -0.05) is 11.6 Å². The fourth-order valence-electron chi connectivity index (χ4n) is 1.71. The molecule has 2 rings (SSSR count). The van der Waals surface area contributed by atoms with Crippen LogP contribution in [0, 0.1) is 0 Å². The van der Waals surface area contributed by atoms with Crippen LogP contribution in [0.2, 0.25) is 5.02 Å². The molecule has 1 aromatic carbocycles. The van der Waals surface area contributed by atoms with Gasteiger partial charge in [0.05, 0.1) is 12.7 Å². The molecular weight excluding hydrogens is 276 g/mol. The van der Waals surface area contributed by atoms with Crippen LogP contribution in [-0.4, -0.2) is 25.6 Å². The van der Waals surface area contributed by atoms with Crippen molar-refractivity contribution >= 4 is 38.4 Å². The van der Waals surface area contributed by atoms with Crippen molar-refractivity contribution in [3.63, 3.8) is 0 Å². The standard InChI is InChI=1S/C11H11ClN2O3S/c1-18(16,17)14-11(15)4-7-6-13-10-3-2-8(12)5-9(7)10/h2-3,5-6,13H,4H2,1H3,(H,14,15). The molecule has 0 saturated heterocycles. The average Bonchev–Trinajstić information content (AvgIpc) is 2.58. The van der Waals surface area contributed by atoms with E-state index in [1.54, 1.807) is 24.4 Å². The topological polar surface area (TPSA) is 79.0 Å². The van der Waals surface area contributed by atoms with Gasteiger partial charge in [-0.2, -0.15) is 0 Å². The Kier molecular flexibility index (Phi) is 3.32. The number of sulfonamides is 1. The van der Waals surface area contributed by atoms with E-state index in [4.69, 9.17) is 11.6 Å². The number of H-pyrrole nitrogens is 1. The molecule has 0 saturated carbocycles. The summed E-state index contributed by atoms with van der Waals surface area (Å²) < 4.78 is 23.8. The Balaban J connectivity index is 2.27. The summed E-state index contributed by atoms with van der Waals surface area (Å²) in [5.74, 6) is -0.571. The minimum atomic E-state index is -3.52. The van der Waals surface area contributed by atoms with E-state index in [0.29, 0.717) is 10.6 Å². The molecular formula is C11H11ClN2O3S. The normalized spacial score (nSPS) is 11.7. The van der Waals surface area contributed by atoms with Gasteiger partial charge in [-0.25, -0.2) is 8.42 Å². The zero-order chi connectivity index (χ0) is 13.3. The minimum absolute atomic E-state index is 0.0204. The Morgan fingerprint density at radius 3 is 2.83 bits per heavy atom. The molecule has 18 heavy (non-hydrogen) atoms. The summed E-state index contributed by atoms with van der Waals surface area (Å²) in [6.45, 7) is 0. The Labute approximate surface area is 109 Å². The number of hydrogen-bond donors (Lipinski definition) is 2. The number of aromatic amines is 1. The first kappa shape index (κ1) is 12.9. The molecule has 2 aromatic rings. The average molecular weight is 287 g/mol. The second-order valence-corrected chi connectivity index (χ2v) is 6.16. The van der Waals surface area contributed by atoms with Crippen LogP contribution in [0.1, 0.15) is 5.56 Å². The number of nitrogens with one attached hydrogen (secondary N) is 2. The summed E-state index contributed by atoms with van der Waals surface area (Å²) in [6, 6.07) is 5.27. The van der Waals surface area contributed by atoms with Gasteiger partial charge in [-0.05, 0) is 23.8 Å². The van der Waals surface area contributed by atoms with E-state index >= 15 is 0 Å². The van der Waals surface area contributed by atoms with Crippen molar-refractivity contribution in [3.05, 3.63) is 35.0 Å². The molecule has 5 nitrogen and oxygen atoms in total. The lowest BCUT2D eigenvalue weighted by molar-refractivity contribution is -0.118. The lowest BCUT2D eigenvalue weighted by Gasteiger charge is -2.01. The predicted octanol–water partition coefficient (Wildman–Crippen LogP) is 1.44. The van der Waals surface area contributed by atoms with Crippen LogP contribution in [0.5, 0.6) is 0 Å². The van der Waals surface area contributed by atoms with Gasteiger partial charge in [-0.3, -0.25) is 9.52 Å². The third-order valence-electron chi connectivity index (χ3n) is 2.38. The molecule has 2 N–H and O–H groups in total. The van der Waals surface area contributed by atoms with Crippen molar-refractivity contribution in [3.8, 4) is 0 Å². The first-order valence-corrected chi connectivity index (χ1v) is 7.38. The van der Waals surface area contributed by atoms with E-state index in [1.807, 2.05) is 4.72 Å². The highest BCUT2D eigenvalue weighted by molar-refractivity contribution is 7.89. The van der Waals surface area contributed by atoms with E-state index < -0.39 is 15.9 Å². The van der Waals surface area contributed by atoms with Crippen LogP contribution in [0.25, 0.3) is 10.9 Å². The van der Waals surface area contributed by atoms with Crippen LogP contribution in [0.4, 0.5) is 0 Å². The number of fused-ring (bicyclic) bond motifs is 1. The maximum absolute atomic E-state index is 11.5. The molecule has 7 heteroatoms. The van der Waals surface area contributed by atoms with E-state index in [2.05, 4.69) is 4.98 Å². The van der Waals surface area contributed by atoms with Gasteiger partial charge < -0.3 is 4.98 Å². The number of benzene rings is 1. The van der Waals surface area contributed by atoms with E-state index in [1.165, 1.54) is 0 Å². The highest BCUT2D eigenvalue weighted by Gasteiger charge is 2.12. The first-order valence-electron chi connectivity index (χ1n) is 5.11. The Morgan fingerprint density at radius 1 is 1.44 bits per heavy atom. The number of carbonyl (C=O) groups is 1. The maximum Gasteiger partial charge on any atom is 0.237 e. The van der Waals surface area contributed by atoms with Gasteiger partial charge >= 0.3 is 0 Å². The van der Waals surface area contributed by atoms with Crippen molar-refractivity contribution in [1.29, 1.82) is 0 Å². The molecule has 0 aliphatic rings. The lowest BCUT2D eigenvalue weighted by Crippen LogP contribution is -2.30. The van der Waals surface area contributed by atoms with E-state index in [-0.39, 0.29) is 6.42 Å². The lowest BCUT2D eigenvalue weighted by atomic mass is 10.1. The third kappa shape index (κ3) is 3.02. The molecule has 0 radical (unpaired) electrons. The molecule has 0 aliphatic heterocycles. The molecule has 0 atom stereocenters. The van der Waals surface area contributed by atoms with Crippen molar-refractivity contribution in [1.82, 2.24) is 9.71 Å². The quantitative estimate of drug-likeness (QED) is 0.896. The number of halogens is 1. The van der Waals surface area contributed by atoms with Crippen LogP contribution in [-0.2, 0) is 21.2 Å². The summed E-state index contributed by atoms with van der Waals surface area (Å²) in [7, 11) is -3.52. The van der Waals surface area contributed by atoms with Gasteiger partial charge in [0, 0.05) is 22.1 Å². The van der Waals surface area contributed by atoms with Crippen LogP contribution in [0.15, 0.2) is 24.4 Å². The molecule has 1 aromatic heterocycles. The highest BCUT2D eigenvalue weighted by Crippen LogP contribution is 2.22. The van der Waals surface area contributed by atoms with Crippen molar-refractivity contribution < 1.29 is 13.2 Å². The molecule has 1 amide bonds. The van der Waals surface area contributed by atoms with Crippen molar-refractivity contribution in [2.24, 2.45) is 0 Å². The van der Waals surface area contributed by atoms with Gasteiger partial charge in [0.25, 0.3) is 0 Å². The smallest absolute Gasteiger partial charge is 0.237 e. The third-order valence-corrected chi connectivity index (χ3v) is 3.21. The summed E-state index contributed by atoms with van der Waals surface area (Å²) in [5.41, 5.74) is 1.55. The molecule has 0 spiro atoms. The minimum Gasteiger partial charge on any atom is -0.361 e. The maximum atomic E-state index is 11.5. The second-order valence-electron chi connectivity index (χ2n) is 3.98. The Bertz CT molecular complexity index is 706. The van der Waals surface area contributed by atoms with Gasteiger partial charge in [0.15, 0.2) is 0 Å². The SMILES string of the molecule is CS(=O)(=O)NC(=O)Cc1c[nH]c2ccc(Cl)cc12. The summed E-state index contributed by atoms with van der Waals surface area (Å²) in [5, 5.41) is 1.37. The fraction of sp³-hybridized carbons (Fsp3) is 0.182. The van der Waals surface area contributed by atoms with Crippen LogP contribution in [0.3, 0.4) is 0 Å². The first-order chi connectivity index (χ1) is 8.35. The second kappa shape index (κ2) is 4.62. The van der Waals surface area contributed by atoms with Gasteiger partial charge in [-0.15, -0.1) is 0 Å². The van der Waals surface area contributed by atoms with E-state index in [9.17, 15) is 13.2 Å². The summed E-state index contributed by atoms with van der Waals surface area (Å²) in [4.78, 5) is 14.5. The molecule has 1 heterocycles. The molecule has 0 fully saturated rings. The molecule has 0 aliphatic carbocycles. The zero-order valence-corrected chi connectivity index (χ0v) is 11.1. The highest BCUT2D eigenvalue weighted by atomic mass is 35.5. The monoisotopic (exact) mass is 286 g/mol. The largest absolute Gasteiger partial charge is 0.361 e. The van der Waals surface area contributed by atoms with Crippen molar-refractivity contribution in [2.75, 3.05) is 6.26 Å². The van der Waals surface area contributed by atoms with Gasteiger partial charge in [0.1, 0.15) is 0 Å². The number of aromatic nitrogens is 1. The fourth-order valence-corrected chi connectivity index (χ4v) is 2.37. The summed E-state index contributed by atoms with van der Waals surface area (Å²) >= 11 is 5.88.